The number of carbonyl (C=O) groups excluding carboxylic acids is 1. The van der Waals surface area contributed by atoms with Gasteiger partial charge in [0.1, 0.15) is 0 Å². The molecule has 3 heteroatoms. The van der Waals surface area contributed by atoms with Crippen LogP contribution in [0.5, 0.6) is 0 Å². The van der Waals surface area contributed by atoms with Gasteiger partial charge >= 0.3 is 0 Å². The van der Waals surface area contributed by atoms with Gasteiger partial charge in [0.05, 0.1) is 6.61 Å². The lowest BCUT2D eigenvalue weighted by Crippen LogP contribution is -2.36. The van der Waals surface area contributed by atoms with Gasteiger partial charge in [0.25, 0.3) is 0 Å². The van der Waals surface area contributed by atoms with Crippen LogP contribution in [0.25, 0.3) is 0 Å². The second kappa shape index (κ2) is 6.83. The molecule has 1 unspecified atom stereocenters. The van der Waals surface area contributed by atoms with Crippen molar-refractivity contribution in [3.8, 4) is 0 Å². The maximum absolute atomic E-state index is 12.2. The smallest absolute Gasteiger partial charge is 0.206 e. The van der Waals surface area contributed by atoms with Gasteiger partial charge in [-0.15, -0.1) is 0 Å². The monoisotopic (exact) mass is 255 g/mol. The van der Waals surface area contributed by atoms with E-state index in [9.17, 15) is 4.79 Å². The minimum atomic E-state index is -0.623. The van der Waals surface area contributed by atoms with Crippen molar-refractivity contribution in [1.82, 2.24) is 5.32 Å². The molecule has 0 spiro atoms. The zero-order valence-corrected chi connectivity index (χ0v) is 10.9. The summed E-state index contributed by atoms with van der Waals surface area (Å²) in [6.45, 7) is 0.408. The molecular weight excluding hydrogens is 238 g/mol. The van der Waals surface area contributed by atoms with Crippen molar-refractivity contribution >= 4 is 5.78 Å². The molecule has 3 nitrogen and oxygen atoms in total. The first-order chi connectivity index (χ1) is 9.31. The number of Topliss-reactive ketones (excluding diaryl/α,β-unsaturated/α-hetero) is 1. The van der Waals surface area contributed by atoms with Crippen LogP contribution in [0.4, 0.5) is 0 Å². The van der Waals surface area contributed by atoms with E-state index < -0.39 is 6.23 Å². The Bertz CT molecular complexity index is 511. The van der Waals surface area contributed by atoms with Crippen molar-refractivity contribution in [1.29, 1.82) is 0 Å². The fourth-order valence-corrected chi connectivity index (χ4v) is 1.80. The second-order valence-electron chi connectivity index (χ2n) is 4.20. The molecule has 0 radical (unpaired) electrons. The van der Waals surface area contributed by atoms with Crippen LogP contribution < -0.4 is 5.32 Å². The highest BCUT2D eigenvalue weighted by molar-refractivity contribution is 5.99. The molecule has 0 saturated carbocycles. The second-order valence-corrected chi connectivity index (χ2v) is 4.20. The van der Waals surface area contributed by atoms with E-state index in [1.54, 1.807) is 19.2 Å². The van der Waals surface area contributed by atoms with E-state index in [4.69, 9.17) is 4.74 Å². The number of hydrogen-bond donors (Lipinski definition) is 1. The average molecular weight is 255 g/mol. The SMILES string of the molecule is CNC(OCc1ccccc1)C(=O)c1ccccc1. The molecule has 0 aromatic heterocycles. The minimum Gasteiger partial charge on any atom is -0.351 e. The van der Waals surface area contributed by atoms with Crippen LogP contribution >= 0.6 is 0 Å². The molecule has 0 bridgehead atoms. The summed E-state index contributed by atoms with van der Waals surface area (Å²) >= 11 is 0. The lowest BCUT2D eigenvalue weighted by Gasteiger charge is -2.16. The van der Waals surface area contributed by atoms with Crippen LogP contribution in [0.2, 0.25) is 0 Å². The molecule has 0 amide bonds. The van der Waals surface area contributed by atoms with Crippen LogP contribution in [0.3, 0.4) is 0 Å². The van der Waals surface area contributed by atoms with Crippen LogP contribution in [-0.4, -0.2) is 19.1 Å². The maximum atomic E-state index is 12.2. The zero-order chi connectivity index (χ0) is 13.5. The Morgan fingerprint density at radius 3 is 2.21 bits per heavy atom. The number of hydrogen-bond acceptors (Lipinski definition) is 3. The summed E-state index contributed by atoms with van der Waals surface area (Å²) in [6.07, 6.45) is -0.623. The van der Waals surface area contributed by atoms with Crippen LogP contribution in [-0.2, 0) is 11.3 Å². The molecule has 0 aliphatic rings. The summed E-state index contributed by atoms with van der Waals surface area (Å²) in [5.74, 6) is -0.0565. The minimum absolute atomic E-state index is 0.0565. The van der Waals surface area contributed by atoms with E-state index >= 15 is 0 Å². The number of likely N-dealkylation sites (N-methyl/N-ethyl adjacent to an activating group) is 1. The van der Waals surface area contributed by atoms with Crippen molar-refractivity contribution in [2.24, 2.45) is 0 Å². The van der Waals surface area contributed by atoms with Gasteiger partial charge in [-0.3, -0.25) is 10.1 Å². The highest BCUT2D eigenvalue weighted by Gasteiger charge is 2.18. The Balaban J connectivity index is 1.99. The number of ether oxygens (including phenoxy) is 1. The topological polar surface area (TPSA) is 38.3 Å². The van der Waals surface area contributed by atoms with Crippen molar-refractivity contribution in [3.63, 3.8) is 0 Å². The third-order valence-electron chi connectivity index (χ3n) is 2.82. The third-order valence-corrected chi connectivity index (χ3v) is 2.82. The first kappa shape index (κ1) is 13.5. The lowest BCUT2D eigenvalue weighted by atomic mass is 10.1. The zero-order valence-electron chi connectivity index (χ0n) is 10.9. The summed E-state index contributed by atoms with van der Waals surface area (Å²) in [7, 11) is 1.72. The van der Waals surface area contributed by atoms with Crippen LogP contribution in [0.1, 0.15) is 15.9 Å². The van der Waals surface area contributed by atoms with Gasteiger partial charge in [-0.05, 0) is 12.6 Å². The molecule has 2 aromatic rings. The fraction of sp³-hybridized carbons (Fsp3) is 0.188. The standard InChI is InChI=1S/C16H17NO2/c1-17-16(15(18)14-10-6-3-7-11-14)19-12-13-8-4-2-5-9-13/h2-11,16-17H,12H2,1H3. The van der Waals surface area contributed by atoms with Crippen molar-refractivity contribution in [2.75, 3.05) is 7.05 Å². The molecule has 1 atom stereocenters. The Hall–Kier alpha value is -1.97. The highest BCUT2D eigenvalue weighted by atomic mass is 16.5. The number of nitrogens with one attached hydrogen (secondary N) is 1. The molecule has 98 valence electrons. The summed E-state index contributed by atoms with van der Waals surface area (Å²) in [5.41, 5.74) is 1.69. The van der Waals surface area contributed by atoms with E-state index in [1.807, 2.05) is 48.5 Å². The summed E-state index contributed by atoms with van der Waals surface area (Å²) < 4.78 is 5.63. The van der Waals surface area contributed by atoms with Gasteiger partial charge < -0.3 is 4.74 Å². The lowest BCUT2D eigenvalue weighted by molar-refractivity contribution is 0.0230. The van der Waals surface area contributed by atoms with E-state index in [0.29, 0.717) is 12.2 Å². The molecule has 0 heterocycles. The van der Waals surface area contributed by atoms with Gasteiger partial charge in [0.15, 0.2) is 6.23 Å². The molecule has 19 heavy (non-hydrogen) atoms. The van der Waals surface area contributed by atoms with Crippen molar-refractivity contribution in [2.45, 2.75) is 12.8 Å². The van der Waals surface area contributed by atoms with Crippen LogP contribution in [0.15, 0.2) is 60.7 Å². The molecule has 2 rings (SSSR count). The van der Waals surface area contributed by atoms with Gasteiger partial charge in [-0.2, -0.15) is 0 Å². The van der Waals surface area contributed by atoms with E-state index in [-0.39, 0.29) is 5.78 Å². The quantitative estimate of drug-likeness (QED) is 0.637. The van der Waals surface area contributed by atoms with Crippen molar-refractivity contribution in [3.05, 3.63) is 71.8 Å². The Labute approximate surface area is 113 Å². The molecule has 0 aliphatic carbocycles. The fourth-order valence-electron chi connectivity index (χ4n) is 1.80. The van der Waals surface area contributed by atoms with Crippen LogP contribution in [0, 0.1) is 0 Å². The normalized spacial score (nSPS) is 12.1. The first-order valence-corrected chi connectivity index (χ1v) is 6.23. The Morgan fingerprint density at radius 2 is 1.63 bits per heavy atom. The number of ketones is 1. The molecule has 0 saturated heterocycles. The summed E-state index contributed by atoms with van der Waals surface area (Å²) in [6, 6.07) is 19.0. The maximum Gasteiger partial charge on any atom is 0.206 e. The predicted octanol–water partition coefficient (Wildman–Crippen LogP) is 2.63. The Kier molecular flexibility index (Phi) is 4.84. The molecule has 0 fully saturated rings. The summed E-state index contributed by atoms with van der Waals surface area (Å²) in [4.78, 5) is 12.2. The largest absolute Gasteiger partial charge is 0.351 e. The van der Waals surface area contributed by atoms with E-state index in [1.165, 1.54) is 0 Å². The highest BCUT2D eigenvalue weighted by Crippen LogP contribution is 2.07. The average Bonchev–Trinajstić information content (AvgIpc) is 2.49. The van der Waals surface area contributed by atoms with Gasteiger partial charge in [0, 0.05) is 5.56 Å². The van der Waals surface area contributed by atoms with E-state index in [0.717, 1.165) is 5.56 Å². The molecule has 1 N–H and O–H groups in total. The number of carbonyl (C=O) groups is 1. The van der Waals surface area contributed by atoms with Gasteiger partial charge in [-0.1, -0.05) is 60.7 Å². The van der Waals surface area contributed by atoms with Crippen molar-refractivity contribution < 1.29 is 9.53 Å². The molecule has 2 aromatic carbocycles. The Morgan fingerprint density at radius 1 is 1.05 bits per heavy atom. The van der Waals surface area contributed by atoms with Gasteiger partial charge in [0.2, 0.25) is 5.78 Å². The predicted molar refractivity (Wildman–Crippen MR) is 74.9 cm³/mol. The van der Waals surface area contributed by atoms with Gasteiger partial charge in [-0.25, -0.2) is 0 Å². The third kappa shape index (κ3) is 3.74. The number of benzene rings is 2. The number of rotatable bonds is 6. The first-order valence-electron chi connectivity index (χ1n) is 6.23. The summed E-state index contributed by atoms with van der Waals surface area (Å²) in [5, 5.41) is 2.90. The molecule has 0 aliphatic heterocycles. The molecular formula is C16H17NO2. The van der Waals surface area contributed by atoms with E-state index in [2.05, 4.69) is 5.32 Å².